The van der Waals surface area contributed by atoms with Crippen LogP contribution in [0.1, 0.15) is 116 Å². The van der Waals surface area contributed by atoms with Crippen LogP contribution in [0.25, 0.3) is 27.9 Å². The van der Waals surface area contributed by atoms with Gasteiger partial charge < -0.3 is 0 Å². The fourth-order valence-corrected chi connectivity index (χ4v) is 6.05. The lowest BCUT2D eigenvalue weighted by Gasteiger charge is -2.27. The van der Waals surface area contributed by atoms with Gasteiger partial charge in [-0.25, -0.2) is 0 Å². The Kier molecular flexibility index (Phi) is 8.02. The molecule has 0 aliphatic heterocycles. The van der Waals surface area contributed by atoms with Crippen LogP contribution in [0, 0.1) is 13.8 Å². The van der Waals surface area contributed by atoms with Crippen molar-refractivity contribution in [2.75, 3.05) is 0 Å². The molecule has 0 unspecified atom stereocenters. The first-order valence-electron chi connectivity index (χ1n) is 15.1. The molecule has 1 aromatic heterocycles. The van der Waals surface area contributed by atoms with E-state index in [1.807, 2.05) is 11.3 Å². The van der Waals surface area contributed by atoms with Crippen molar-refractivity contribution >= 4 is 11.3 Å². The Labute approximate surface area is 254 Å². The van der Waals surface area contributed by atoms with Crippen LogP contribution >= 0.6 is 11.3 Å². The second kappa shape index (κ2) is 10.5. The van der Waals surface area contributed by atoms with Crippen molar-refractivity contribution in [3.05, 3.63) is 92.9 Å². The number of hydrogen-bond acceptors (Lipinski definition) is 1. The normalized spacial score (nSPS) is 13.1. The Morgan fingerprint density at radius 3 is 1.12 bits per heavy atom. The number of para-hydroxylation sites is 1. The molecule has 0 aliphatic rings. The van der Waals surface area contributed by atoms with Crippen LogP contribution in [0.3, 0.4) is 0 Å². The summed E-state index contributed by atoms with van der Waals surface area (Å²) in [5.74, 6) is 0. The minimum atomic E-state index is 0.0540. The summed E-state index contributed by atoms with van der Waals surface area (Å²) >= 11 is 1.83. The summed E-state index contributed by atoms with van der Waals surface area (Å²) < 4.78 is 2.44. The largest absolute Gasteiger partial charge is 0.231 e. The van der Waals surface area contributed by atoms with Crippen molar-refractivity contribution in [2.45, 2.75) is 119 Å². The highest BCUT2D eigenvalue weighted by Gasteiger charge is 2.29. The summed E-state index contributed by atoms with van der Waals surface area (Å²) in [6.45, 7) is 32.4. The molecule has 0 radical (unpaired) electrons. The highest BCUT2D eigenvalue weighted by Crippen LogP contribution is 2.40. The van der Waals surface area contributed by atoms with Gasteiger partial charge >= 0.3 is 0 Å². The van der Waals surface area contributed by atoms with E-state index in [0.29, 0.717) is 0 Å². The first kappa shape index (κ1) is 31.2. The van der Waals surface area contributed by atoms with Gasteiger partial charge in [-0.2, -0.15) is 4.57 Å². The molecule has 3 aromatic carbocycles. The predicted octanol–water partition coefficient (Wildman–Crippen LogP) is 11.2. The first-order chi connectivity index (χ1) is 18.7. The fraction of sp³-hybridized carbons (Fsp3) is 0.462. The van der Waals surface area contributed by atoms with Crippen molar-refractivity contribution < 1.29 is 4.57 Å². The second-order valence-electron chi connectivity index (χ2n) is 16.0. The average molecular weight is 567 g/mol. The molecule has 0 amide bonds. The highest BCUT2D eigenvalue weighted by molar-refractivity contribution is 7.09. The molecular weight excluding hydrogens is 515 g/mol. The molecule has 4 aromatic rings. The number of aromatic nitrogens is 1. The minimum absolute atomic E-state index is 0.0540. The molecule has 0 aliphatic carbocycles. The van der Waals surface area contributed by atoms with Gasteiger partial charge in [-0.15, -0.1) is 0 Å². The summed E-state index contributed by atoms with van der Waals surface area (Å²) in [6.07, 6.45) is 0. The van der Waals surface area contributed by atoms with Gasteiger partial charge in [0.05, 0.1) is 16.0 Å². The Hall–Kier alpha value is -2.71. The number of thiazole rings is 1. The third kappa shape index (κ3) is 6.54. The van der Waals surface area contributed by atoms with E-state index >= 15 is 0 Å². The quantitative estimate of drug-likeness (QED) is 0.217. The zero-order chi connectivity index (χ0) is 30.7. The topological polar surface area (TPSA) is 3.88 Å². The zero-order valence-electron chi connectivity index (χ0n) is 28.1. The van der Waals surface area contributed by atoms with Gasteiger partial charge in [-0.1, -0.05) is 137 Å². The molecule has 0 fully saturated rings. The summed E-state index contributed by atoms with van der Waals surface area (Å²) in [6, 6.07) is 21.5. The summed E-state index contributed by atoms with van der Waals surface area (Å²) in [5.41, 5.74) is 15.7. The lowest BCUT2D eigenvalue weighted by atomic mass is 9.77. The Bertz CT molecular complexity index is 1410. The SMILES string of the molecule is Cc1sc[n+](-c2c(-c3cc(C(C)(C)C)cc(C(C)(C)C)c3)cccc2-c2cc(C(C)(C)C)cc(C(C)(C)C)c2)c1C. The summed E-state index contributed by atoms with van der Waals surface area (Å²) in [7, 11) is 0. The van der Waals surface area contributed by atoms with E-state index in [-0.39, 0.29) is 21.7 Å². The molecule has 4 rings (SSSR count). The van der Waals surface area contributed by atoms with Crippen LogP contribution in [0.5, 0.6) is 0 Å². The number of rotatable bonds is 3. The Morgan fingerprint density at radius 1 is 0.512 bits per heavy atom. The summed E-state index contributed by atoms with van der Waals surface area (Å²) in [4.78, 5) is 1.35. The van der Waals surface area contributed by atoms with Gasteiger partial charge in [-0.05, 0) is 74.1 Å². The molecule has 1 nitrogen and oxygen atoms in total. The van der Waals surface area contributed by atoms with Crippen LogP contribution in [0.4, 0.5) is 0 Å². The van der Waals surface area contributed by atoms with Crippen molar-refractivity contribution in [3.63, 3.8) is 0 Å². The number of nitrogens with zero attached hydrogens (tertiary/aromatic N) is 1. The smallest absolute Gasteiger partial charge is 0.153 e. The molecule has 1 heterocycles. The molecule has 0 N–H and O–H groups in total. The maximum atomic E-state index is 2.44. The molecule has 0 atom stereocenters. The van der Waals surface area contributed by atoms with Crippen LogP contribution < -0.4 is 4.57 Å². The van der Waals surface area contributed by atoms with Crippen molar-refractivity contribution in [2.24, 2.45) is 0 Å². The van der Waals surface area contributed by atoms with E-state index in [1.165, 1.54) is 60.8 Å². The molecule has 2 heteroatoms. The fourth-order valence-electron chi connectivity index (χ4n) is 5.25. The molecule has 0 bridgehead atoms. The Balaban J connectivity index is 2.15. The van der Waals surface area contributed by atoms with E-state index in [0.717, 1.165) is 0 Å². The molecule has 0 spiro atoms. The van der Waals surface area contributed by atoms with Crippen LogP contribution in [-0.2, 0) is 21.7 Å². The maximum Gasteiger partial charge on any atom is 0.231 e. The van der Waals surface area contributed by atoms with E-state index < -0.39 is 0 Å². The average Bonchev–Trinajstić information content (AvgIpc) is 3.18. The van der Waals surface area contributed by atoms with Crippen molar-refractivity contribution in [3.8, 4) is 27.9 Å². The Morgan fingerprint density at radius 2 is 0.854 bits per heavy atom. The van der Waals surface area contributed by atoms with Crippen molar-refractivity contribution in [1.82, 2.24) is 0 Å². The highest BCUT2D eigenvalue weighted by atomic mass is 32.1. The van der Waals surface area contributed by atoms with E-state index in [1.54, 1.807) is 0 Å². The maximum absolute atomic E-state index is 2.44. The first-order valence-corrected chi connectivity index (χ1v) is 16.0. The third-order valence-corrected chi connectivity index (χ3v) is 9.40. The van der Waals surface area contributed by atoms with Gasteiger partial charge in [-0.3, -0.25) is 0 Å². The predicted molar refractivity (Wildman–Crippen MR) is 181 cm³/mol. The second-order valence-corrected chi connectivity index (χ2v) is 17.1. The van der Waals surface area contributed by atoms with Crippen LogP contribution in [-0.4, -0.2) is 0 Å². The molecule has 0 saturated heterocycles. The van der Waals surface area contributed by atoms with Gasteiger partial charge in [0.1, 0.15) is 0 Å². The van der Waals surface area contributed by atoms with Crippen molar-refractivity contribution in [1.29, 1.82) is 0 Å². The minimum Gasteiger partial charge on any atom is -0.153 e. The van der Waals surface area contributed by atoms with E-state index in [2.05, 4.69) is 162 Å². The lowest BCUT2D eigenvalue weighted by molar-refractivity contribution is -0.596. The van der Waals surface area contributed by atoms with Gasteiger partial charge in [0.15, 0.2) is 5.69 Å². The van der Waals surface area contributed by atoms with Gasteiger partial charge in [0, 0.05) is 6.92 Å². The zero-order valence-corrected chi connectivity index (χ0v) is 28.9. The van der Waals surface area contributed by atoms with Gasteiger partial charge in [0.25, 0.3) is 0 Å². The molecule has 41 heavy (non-hydrogen) atoms. The van der Waals surface area contributed by atoms with Crippen LogP contribution in [0.15, 0.2) is 60.1 Å². The number of aryl methyl sites for hydroxylation is 1. The monoisotopic (exact) mass is 566 g/mol. The molecule has 0 saturated carbocycles. The van der Waals surface area contributed by atoms with E-state index in [4.69, 9.17) is 0 Å². The summed E-state index contributed by atoms with van der Waals surface area (Å²) in [5, 5.41) is 0. The number of benzene rings is 3. The molecular formula is C39H52NS+. The van der Waals surface area contributed by atoms with Gasteiger partial charge in [0.2, 0.25) is 11.2 Å². The molecule has 218 valence electrons. The van der Waals surface area contributed by atoms with E-state index in [9.17, 15) is 0 Å². The third-order valence-electron chi connectivity index (χ3n) is 8.43. The van der Waals surface area contributed by atoms with Crippen LogP contribution in [0.2, 0.25) is 0 Å². The lowest BCUT2D eigenvalue weighted by Crippen LogP contribution is -2.33. The standard InChI is InChI=1S/C39H52NS/c1-25-26(2)41-24-40(25)35-33(27-18-29(36(3,4)5)22-30(19-27)37(6,7)8)16-15-17-34(35)28-20-31(38(9,10)11)23-32(21-28)39(12,13)14/h15-24H,1-14H3/q+1. The number of hydrogen-bond donors (Lipinski definition) is 0.